The van der Waals surface area contributed by atoms with Crippen LogP contribution in [0.15, 0.2) is 24.3 Å². The lowest BCUT2D eigenvalue weighted by molar-refractivity contribution is 0.149. The van der Waals surface area contributed by atoms with Gasteiger partial charge in [0.15, 0.2) is 0 Å². The first-order chi connectivity index (χ1) is 8.78. The first-order valence-corrected chi connectivity index (χ1v) is 6.96. The summed E-state index contributed by atoms with van der Waals surface area (Å²) in [4.78, 5) is 2.44. The molecule has 108 valence electrons. The van der Waals surface area contributed by atoms with Crippen molar-refractivity contribution in [1.82, 2.24) is 4.90 Å². The molecule has 0 spiro atoms. The Bertz CT molecular complexity index is 376. The molecule has 2 rings (SSSR count). The number of nitrogens with two attached hydrogens (primary N) is 1. The molecule has 0 bridgehead atoms. The third-order valence-corrected chi connectivity index (χ3v) is 3.64. The van der Waals surface area contributed by atoms with Crippen molar-refractivity contribution < 1.29 is 4.74 Å². The molecule has 19 heavy (non-hydrogen) atoms. The number of nitrogens with zero attached hydrogens (tertiary/aromatic N) is 1. The number of rotatable bonds is 5. The van der Waals surface area contributed by atoms with E-state index >= 15 is 0 Å². The van der Waals surface area contributed by atoms with Gasteiger partial charge >= 0.3 is 0 Å². The lowest BCUT2D eigenvalue weighted by Crippen LogP contribution is -2.40. The SMILES string of the molecule is Cl.NCC1CCCN(CCOc2cccc(Cl)c2)C1. The molecule has 0 aliphatic carbocycles. The quantitative estimate of drug-likeness (QED) is 0.909. The van der Waals surface area contributed by atoms with Gasteiger partial charge in [-0.3, -0.25) is 4.90 Å². The number of piperidine rings is 1. The number of likely N-dealkylation sites (tertiary alicyclic amines) is 1. The summed E-state index contributed by atoms with van der Waals surface area (Å²) in [7, 11) is 0. The highest BCUT2D eigenvalue weighted by Crippen LogP contribution is 2.18. The summed E-state index contributed by atoms with van der Waals surface area (Å²) < 4.78 is 5.70. The van der Waals surface area contributed by atoms with Gasteiger partial charge in [0.25, 0.3) is 0 Å². The summed E-state index contributed by atoms with van der Waals surface area (Å²) in [6, 6.07) is 7.54. The molecular formula is C14H22Cl2N2O. The lowest BCUT2D eigenvalue weighted by Gasteiger charge is -2.31. The fourth-order valence-electron chi connectivity index (χ4n) is 2.40. The van der Waals surface area contributed by atoms with Crippen molar-refractivity contribution in [1.29, 1.82) is 0 Å². The standard InChI is InChI=1S/C14H21ClN2O.ClH/c15-13-4-1-5-14(9-13)18-8-7-17-6-2-3-12(10-16)11-17;/h1,4-5,9,12H,2-3,6-8,10-11,16H2;1H. The highest BCUT2D eigenvalue weighted by Gasteiger charge is 2.18. The van der Waals surface area contributed by atoms with Crippen molar-refractivity contribution >= 4 is 24.0 Å². The molecule has 1 unspecified atom stereocenters. The van der Waals surface area contributed by atoms with Crippen LogP contribution < -0.4 is 10.5 Å². The number of benzene rings is 1. The van der Waals surface area contributed by atoms with Gasteiger partial charge in [-0.05, 0) is 50.0 Å². The zero-order chi connectivity index (χ0) is 12.8. The minimum absolute atomic E-state index is 0. The van der Waals surface area contributed by atoms with Crippen LogP contribution in [0.3, 0.4) is 0 Å². The molecule has 1 aliphatic rings. The maximum Gasteiger partial charge on any atom is 0.120 e. The Labute approximate surface area is 126 Å². The third kappa shape index (κ3) is 5.57. The van der Waals surface area contributed by atoms with Gasteiger partial charge in [0.05, 0.1) is 0 Å². The van der Waals surface area contributed by atoms with E-state index in [9.17, 15) is 0 Å². The Balaban J connectivity index is 0.00000180. The molecular weight excluding hydrogens is 283 g/mol. The van der Waals surface area contributed by atoms with Crippen LogP contribution in [0.25, 0.3) is 0 Å². The summed E-state index contributed by atoms with van der Waals surface area (Å²) in [5.74, 6) is 1.50. The largest absolute Gasteiger partial charge is 0.492 e. The normalized spacial score (nSPS) is 19.8. The molecule has 0 saturated carbocycles. The van der Waals surface area contributed by atoms with Crippen molar-refractivity contribution in [3.05, 3.63) is 29.3 Å². The molecule has 1 fully saturated rings. The topological polar surface area (TPSA) is 38.5 Å². The third-order valence-electron chi connectivity index (χ3n) is 3.41. The summed E-state index contributed by atoms with van der Waals surface area (Å²) in [6.07, 6.45) is 2.52. The first kappa shape index (κ1) is 16.6. The van der Waals surface area contributed by atoms with Crippen LogP contribution >= 0.6 is 24.0 Å². The van der Waals surface area contributed by atoms with E-state index in [1.54, 1.807) is 0 Å². The van der Waals surface area contributed by atoms with Gasteiger partial charge in [0, 0.05) is 18.1 Å². The van der Waals surface area contributed by atoms with Crippen LogP contribution in [0.1, 0.15) is 12.8 Å². The van der Waals surface area contributed by atoms with Crippen molar-refractivity contribution in [2.75, 3.05) is 32.8 Å². The monoisotopic (exact) mass is 304 g/mol. The van der Waals surface area contributed by atoms with Crippen LogP contribution in [0, 0.1) is 5.92 Å². The van der Waals surface area contributed by atoms with Gasteiger partial charge in [0.1, 0.15) is 12.4 Å². The molecule has 3 nitrogen and oxygen atoms in total. The maximum atomic E-state index is 5.91. The van der Waals surface area contributed by atoms with Gasteiger partial charge in [-0.25, -0.2) is 0 Å². The fraction of sp³-hybridized carbons (Fsp3) is 0.571. The van der Waals surface area contributed by atoms with Crippen molar-refractivity contribution in [3.63, 3.8) is 0 Å². The number of hydrogen-bond donors (Lipinski definition) is 1. The second-order valence-corrected chi connectivity index (χ2v) is 5.29. The summed E-state index contributed by atoms with van der Waals surface area (Å²) in [5.41, 5.74) is 5.73. The number of halogens is 2. The fourth-order valence-corrected chi connectivity index (χ4v) is 2.58. The molecule has 1 aromatic carbocycles. The van der Waals surface area contributed by atoms with Gasteiger partial charge in [0.2, 0.25) is 0 Å². The van der Waals surface area contributed by atoms with Crippen LogP contribution in [0.5, 0.6) is 5.75 Å². The highest BCUT2D eigenvalue weighted by atomic mass is 35.5. The van der Waals surface area contributed by atoms with Crippen LogP contribution in [-0.4, -0.2) is 37.7 Å². The van der Waals surface area contributed by atoms with E-state index in [2.05, 4.69) is 4.90 Å². The Morgan fingerprint density at radius 1 is 1.42 bits per heavy atom. The van der Waals surface area contributed by atoms with Gasteiger partial charge in [-0.15, -0.1) is 12.4 Å². The van der Waals surface area contributed by atoms with E-state index in [4.69, 9.17) is 22.1 Å². The van der Waals surface area contributed by atoms with Crippen LogP contribution in [0.4, 0.5) is 0 Å². The van der Waals surface area contributed by atoms with Crippen molar-refractivity contribution in [3.8, 4) is 5.75 Å². The Hall–Kier alpha value is -0.480. The van der Waals surface area contributed by atoms with Crippen molar-refractivity contribution in [2.24, 2.45) is 11.7 Å². The molecule has 1 heterocycles. The molecule has 1 aliphatic heterocycles. The Morgan fingerprint density at radius 2 is 2.26 bits per heavy atom. The summed E-state index contributed by atoms with van der Waals surface area (Å²) >= 11 is 5.91. The summed E-state index contributed by atoms with van der Waals surface area (Å²) in [5, 5.41) is 0.716. The molecule has 5 heteroatoms. The second kappa shape index (κ2) is 8.64. The van der Waals surface area contributed by atoms with E-state index in [1.165, 1.54) is 12.8 Å². The zero-order valence-corrected chi connectivity index (χ0v) is 12.6. The first-order valence-electron chi connectivity index (χ1n) is 6.58. The highest BCUT2D eigenvalue weighted by molar-refractivity contribution is 6.30. The van der Waals surface area contributed by atoms with E-state index in [0.717, 1.165) is 31.9 Å². The maximum absolute atomic E-state index is 5.91. The smallest absolute Gasteiger partial charge is 0.120 e. The molecule has 1 atom stereocenters. The van der Waals surface area contributed by atoms with E-state index in [-0.39, 0.29) is 12.4 Å². The minimum atomic E-state index is 0. The van der Waals surface area contributed by atoms with E-state index in [0.29, 0.717) is 17.5 Å². The number of hydrogen-bond acceptors (Lipinski definition) is 3. The number of ether oxygens (including phenoxy) is 1. The molecule has 0 aromatic heterocycles. The molecule has 2 N–H and O–H groups in total. The zero-order valence-electron chi connectivity index (χ0n) is 11.1. The van der Waals surface area contributed by atoms with E-state index in [1.807, 2.05) is 24.3 Å². The predicted octanol–water partition coefficient (Wildman–Crippen LogP) is 2.81. The van der Waals surface area contributed by atoms with Gasteiger partial charge in [-0.2, -0.15) is 0 Å². The Morgan fingerprint density at radius 3 is 3.00 bits per heavy atom. The van der Waals surface area contributed by atoms with Gasteiger partial charge in [-0.1, -0.05) is 17.7 Å². The van der Waals surface area contributed by atoms with E-state index < -0.39 is 0 Å². The Kier molecular flexibility index (Phi) is 7.54. The molecule has 1 saturated heterocycles. The van der Waals surface area contributed by atoms with Gasteiger partial charge < -0.3 is 10.5 Å². The summed E-state index contributed by atoms with van der Waals surface area (Å²) in [6.45, 7) is 4.73. The lowest BCUT2D eigenvalue weighted by atomic mass is 9.98. The average Bonchev–Trinajstić information content (AvgIpc) is 2.39. The second-order valence-electron chi connectivity index (χ2n) is 4.85. The average molecular weight is 305 g/mol. The molecule has 0 radical (unpaired) electrons. The van der Waals surface area contributed by atoms with Crippen molar-refractivity contribution in [2.45, 2.75) is 12.8 Å². The molecule has 1 aromatic rings. The molecule has 0 amide bonds. The van der Waals surface area contributed by atoms with Crippen LogP contribution in [-0.2, 0) is 0 Å². The minimum Gasteiger partial charge on any atom is -0.492 e. The van der Waals surface area contributed by atoms with Crippen LogP contribution in [0.2, 0.25) is 5.02 Å². The predicted molar refractivity (Wildman–Crippen MR) is 82.4 cm³/mol.